The number of amides is 1. The Kier molecular flexibility index (Phi) is 9.50. The predicted molar refractivity (Wildman–Crippen MR) is 175 cm³/mol. The Balaban J connectivity index is 1.34. The van der Waals surface area contributed by atoms with Crippen LogP contribution in [0.3, 0.4) is 0 Å². The van der Waals surface area contributed by atoms with Gasteiger partial charge in [-0.15, -0.1) is 0 Å². The number of ether oxygens (including phenoxy) is 5. The maximum absolute atomic E-state index is 13.6. The van der Waals surface area contributed by atoms with Crippen molar-refractivity contribution in [2.45, 2.75) is 32.2 Å². The highest BCUT2D eigenvalue weighted by Crippen LogP contribution is 2.40. The highest BCUT2D eigenvalue weighted by molar-refractivity contribution is 5.94. The topological polar surface area (TPSA) is 142 Å². The van der Waals surface area contributed by atoms with Crippen LogP contribution in [0.4, 0.5) is 0 Å². The van der Waals surface area contributed by atoms with Gasteiger partial charge in [0.1, 0.15) is 30.9 Å². The molecule has 1 aliphatic rings. The molecular weight excluding hydrogens is 602 g/mol. The van der Waals surface area contributed by atoms with E-state index in [4.69, 9.17) is 29.4 Å². The van der Waals surface area contributed by atoms with E-state index in [9.17, 15) is 9.59 Å². The normalized spacial score (nSPS) is 14.1. The molecule has 2 N–H and O–H groups in total. The maximum Gasteiger partial charge on any atom is 0.284 e. The van der Waals surface area contributed by atoms with Crippen LogP contribution in [0.2, 0.25) is 0 Å². The molecule has 3 aromatic carbocycles. The van der Waals surface area contributed by atoms with E-state index in [0.29, 0.717) is 78.4 Å². The molecule has 5 aromatic rings. The number of carbonyl (C=O) groups excluding carboxylic acids is 1. The second-order valence-electron chi connectivity index (χ2n) is 11.2. The molecule has 0 saturated carbocycles. The Bertz CT molecular complexity index is 1950. The van der Waals surface area contributed by atoms with Crippen molar-refractivity contribution in [2.24, 2.45) is 5.73 Å². The van der Waals surface area contributed by atoms with Crippen molar-refractivity contribution in [2.75, 3.05) is 40.6 Å². The van der Waals surface area contributed by atoms with Gasteiger partial charge in [0.05, 0.1) is 35.5 Å². The predicted octanol–water partition coefficient (Wildman–Crippen LogP) is 4.76. The summed E-state index contributed by atoms with van der Waals surface area (Å²) in [5.41, 5.74) is 9.19. The first-order valence-electron chi connectivity index (χ1n) is 15.4. The number of methoxy groups -OCH3 is 2. The maximum atomic E-state index is 13.6. The smallest absolute Gasteiger partial charge is 0.284 e. The van der Waals surface area contributed by atoms with Gasteiger partial charge in [0.25, 0.3) is 11.5 Å². The number of hydrogen-bond acceptors (Lipinski definition) is 9. The van der Waals surface area contributed by atoms with E-state index < -0.39 is 11.5 Å². The second kappa shape index (κ2) is 14.1. The van der Waals surface area contributed by atoms with E-state index in [-0.39, 0.29) is 11.5 Å². The van der Waals surface area contributed by atoms with Crippen LogP contribution in [0.5, 0.6) is 23.1 Å². The molecule has 3 heterocycles. The number of nitrogens with zero attached hydrogens (tertiary/aromatic N) is 4. The summed E-state index contributed by atoms with van der Waals surface area (Å²) in [4.78, 5) is 35.1. The van der Waals surface area contributed by atoms with Crippen molar-refractivity contribution in [3.63, 3.8) is 0 Å². The van der Waals surface area contributed by atoms with Gasteiger partial charge in [0, 0.05) is 32.7 Å². The molecule has 0 fully saturated rings. The van der Waals surface area contributed by atoms with E-state index in [1.807, 2.05) is 60.1 Å². The molecule has 12 heteroatoms. The van der Waals surface area contributed by atoms with Crippen molar-refractivity contribution >= 4 is 16.8 Å². The van der Waals surface area contributed by atoms with Crippen LogP contribution in [0.1, 0.15) is 45.9 Å². The molecule has 244 valence electrons. The van der Waals surface area contributed by atoms with E-state index in [1.54, 1.807) is 31.0 Å². The van der Waals surface area contributed by atoms with Crippen molar-refractivity contribution in [1.29, 1.82) is 0 Å². The lowest BCUT2D eigenvalue weighted by molar-refractivity contribution is 0.0997. The average Bonchev–Trinajstić information content (AvgIpc) is 3.38. The van der Waals surface area contributed by atoms with E-state index in [2.05, 4.69) is 9.97 Å². The number of aromatic nitrogens is 4. The number of nitrogens with two attached hydrogens (primary N) is 1. The first-order valence-corrected chi connectivity index (χ1v) is 15.4. The fourth-order valence-electron chi connectivity index (χ4n) is 6.03. The quantitative estimate of drug-likeness (QED) is 0.181. The number of para-hydroxylation sites is 1. The summed E-state index contributed by atoms with van der Waals surface area (Å²) in [6.07, 6.45) is 3.03. The molecular formula is C35H37N5O7. The molecule has 2 aromatic heterocycles. The third kappa shape index (κ3) is 6.42. The minimum Gasteiger partial charge on any atom is -0.487 e. The third-order valence-electron chi connectivity index (χ3n) is 8.18. The Hall–Kier alpha value is -5.20. The van der Waals surface area contributed by atoms with Gasteiger partial charge in [-0.25, -0.2) is 14.6 Å². The lowest BCUT2D eigenvalue weighted by Gasteiger charge is -2.27. The van der Waals surface area contributed by atoms with Gasteiger partial charge >= 0.3 is 0 Å². The zero-order valence-corrected chi connectivity index (χ0v) is 26.6. The van der Waals surface area contributed by atoms with Crippen molar-refractivity contribution in [3.05, 3.63) is 99.7 Å². The van der Waals surface area contributed by atoms with Gasteiger partial charge < -0.3 is 29.4 Å². The van der Waals surface area contributed by atoms with Crippen LogP contribution in [0.15, 0.2) is 71.8 Å². The Morgan fingerprint density at radius 2 is 1.64 bits per heavy atom. The van der Waals surface area contributed by atoms with E-state index in [1.165, 1.54) is 6.33 Å². The molecule has 1 amide bonds. The number of aryl methyl sites for hydroxylation is 1. The fourth-order valence-corrected chi connectivity index (χ4v) is 6.03. The summed E-state index contributed by atoms with van der Waals surface area (Å²) in [6.45, 7) is 4.05. The highest BCUT2D eigenvalue weighted by Gasteiger charge is 2.33. The lowest BCUT2D eigenvalue weighted by atomic mass is 9.86. The monoisotopic (exact) mass is 639 g/mol. The van der Waals surface area contributed by atoms with Crippen molar-refractivity contribution in [3.8, 4) is 28.8 Å². The molecule has 6 rings (SSSR count). The van der Waals surface area contributed by atoms with E-state index >= 15 is 0 Å². The molecule has 1 unspecified atom stereocenters. The summed E-state index contributed by atoms with van der Waals surface area (Å²) in [7, 11) is 3.22. The zero-order valence-electron chi connectivity index (χ0n) is 26.6. The van der Waals surface area contributed by atoms with Crippen LogP contribution >= 0.6 is 0 Å². The van der Waals surface area contributed by atoms with Crippen LogP contribution in [-0.2, 0) is 16.0 Å². The van der Waals surface area contributed by atoms with Gasteiger partial charge in [0.2, 0.25) is 5.88 Å². The zero-order chi connectivity index (χ0) is 32.9. The molecule has 1 aliphatic heterocycles. The SMILES string of the molecule is COCCOc1cc2ncnc(Oc3ccc(C4CCCn5c4c(C(N)=O)c(=O)n5-c4ccccc4)cc3C)c2cc1OCCOC. The van der Waals surface area contributed by atoms with Crippen LogP contribution in [-0.4, -0.2) is 65.9 Å². The molecule has 0 aliphatic carbocycles. The Morgan fingerprint density at radius 1 is 0.915 bits per heavy atom. The molecule has 12 nitrogen and oxygen atoms in total. The third-order valence-corrected chi connectivity index (χ3v) is 8.18. The number of hydrogen-bond donors (Lipinski definition) is 1. The lowest BCUT2D eigenvalue weighted by Crippen LogP contribution is -2.26. The summed E-state index contributed by atoms with van der Waals surface area (Å²) in [6, 6.07) is 18.8. The van der Waals surface area contributed by atoms with Crippen molar-refractivity contribution in [1.82, 2.24) is 19.3 Å². The fraction of sp³-hybridized carbons (Fsp3) is 0.314. The summed E-state index contributed by atoms with van der Waals surface area (Å²) < 4.78 is 32.0. The van der Waals surface area contributed by atoms with Gasteiger partial charge in [-0.05, 0) is 55.2 Å². The van der Waals surface area contributed by atoms with Crippen LogP contribution < -0.4 is 25.5 Å². The number of primary amides is 1. The van der Waals surface area contributed by atoms with Gasteiger partial charge in [-0.3, -0.25) is 14.3 Å². The minimum absolute atomic E-state index is 0.0260. The number of carbonyl (C=O) groups is 1. The van der Waals surface area contributed by atoms with Gasteiger partial charge in [0.15, 0.2) is 11.5 Å². The summed E-state index contributed by atoms with van der Waals surface area (Å²) >= 11 is 0. The van der Waals surface area contributed by atoms with Gasteiger partial charge in [-0.2, -0.15) is 0 Å². The number of benzene rings is 3. The summed E-state index contributed by atoms with van der Waals surface area (Å²) in [5, 5.41) is 0.645. The standard InChI is InChI=1S/C35H37N5O7/c1-22-18-23(25-10-7-13-39-32(25)31(33(36)41)35(42)40(39)24-8-5-4-6-9-24)11-12-28(22)47-34-26-19-29(45-16-14-43-2)30(46-17-15-44-3)20-27(26)37-21-38-34/h4-6,8-9,11-12,18-21,25H,7,10,13-17H2,1-3H3,(H2,36,41). The molecule has 47 heavy (non-hydrogen) atoms. The molecule has 0 saturated heterocycles. The Labute approximate surface area is 271 Å². The average molecular weight is 640 g/mol. The summed E-state index contributed by atoms with van der Waals surface area (Å²) in [5.74, 6) is 1.05. The first-order chi connectivity index (χ1) is 22.9. The largest absolute Gasteiger partial charge is 0.487 e. The second-order valence-corrected chi connectivity index (χ2v) is 11.2. The first kappa shape index (κ1) is 31.8. The molecule has 0 radical (unpaired) electrons. The van der Waals surface area contributed by atoms with Crippen LogP contribution in [0.25, 0.3) is 16.6 Å². The van der Waals surface area contributed by atoms with Crippen LogP contribution in [0, 0.1) is 6.92 Å². The Morgan fingerprint density at radius 3 is 2.32 bits per heavy atom. The van der Waals surface area contributed by atoms with Gasteiger partial charge in [-0.1, -0.05) is 30.3 Å². The highest BCUT2D eigenvalue weighted by atomic mass is 16.5. The number of rotatable bonds is 13. The van der Waals surface area contributed by atoms with Crippen molar-refractivity contribution < 1.29 is 28.5 Å². The number of fused-ring (bicyclic) bond motifs is 2. The molecule has 1 atom stereocenters. The van der Waals surface area contributed by atoms with E-state index in [0.717, 1.165) is 24.0 Å². The molecule has 0 bridgehead atoms. The minimum atomic E-state index is -0.731. The molecule has 0 spiro atoms.